The average Bonchev–Trinajstić information content (AvgIpc) is 2.98. The molecular weight excluding hydrogens is 369 g/mol. The second-order valence-electron chi connectivity index (χ2n) is 8.29. The van der Waals surface area contributed by atoms with Crippen LogP contribution in [-0.2, 0) is 6.42 Å². The first-order valence-corrected chi connectivity index (χ1v) is 9.77. The lowest BCUT2D eigenvalue weighted by molar-refractivity contribution is 0.0688. The van der Waals surface area contributed by atoms with Gasteiger partial charge in [0.05, 0.1) is 6.10 Å². The lowest BCUT2D eigenvalue weighted by Crippen LogP contribution is -2.44. The van der Waals surface area contributed by atoms with Crippen LogP contribution in [0, 0.1) is 11.3 Å². The Hall–Kier alpha value is -0.390. The van der Waals surface area contributed by atoms with Gasteiger partial charge in [-0.1, -0.05) is 6.07 Å². The van der Waals surface area contributed by atoms with Crippen molar-refractivity contribution in [2.45, 2.75) is 57.1 Å². The van der Waals surface area contributed by atoms with Gasteiger partial charge in [0, 0.05) is 36.9 Å². The van der Waals surface area contributed by atoms with Gasteiger partial charge < -0.3 is 10.4 Å². The number of hydrogen-bond donors (Lipinski definition) is 2. The molecule has 3 fully saturated rings. The Balaban J connectivity index is 0.00000121. The minimum absolute atomic E-state index is 0. The van der Waals surface area contributed by atoms with Gasteiger partial charge in [-0.05, 0) is 75.6 Å². The number of aliphatic hydroxyl groups excluding tert-OH is 1. The van der Waals surface area contributed by atoms with Gasteiger partial charge in [0.1, 0.15) is 0 Å². The van der Waals surface area contributed by atoms with Crippen molar-refractivity contribution in [3.05, 3.63) is 30.1 Å². The van der Waals surface area contributed by atoms with E-state index in [1.807, 2.05) is 18.3 Å². The molecule has 2 saturated heterocycles. The summed E-state index contributed by atoms with van der Waals surface area (Å²) in [4.78, 5) is 7.01. The van der Waals surface area contributed by atoms with Gasteiger partial charge in [-0.3, -0.25) is 9.88 Å². The van der Waals surface area contributed by atoms with Crippen LogP contribution < -0.4 is 5.32 Å². The Kier molecular flexibility index (Phi) is 8.17. The molecule has 2 aliphatic heterocycles. The van der Waals surface area contributed by atoms with E-state index in [9.17, 15) is 5.11 Å². The molecule has 2 atom stereocenters. The molecule has 1 aromatic rings. The van der Waals surface area contributed by atoms with Crippen LogP contribution in [0.25, 0.3) is 0 Å². The van der Waals surface area contributed by atoms with Crippen molar-refractivity contribution in [2.75, 3.05) is 26.2 Å². The first-order chi connectivity index (χ1) is 11.7. The Labute approximate surface area is 170 Å². The van der Waals surface area contributed by atoms with Gasteiger partial charge in [-0.2, -0.15) is 0 Å². The highest BCUT2D eigenvalue weighted by atomic mass is 35.5. The average molecular weight is 402 g/mol. The van der Waals surface area contributed by atoms with Crippen LogP contribution >= 0.6 is 24.8 Å². The molecule has 0 amide bonds. The number of β-amino-alcohol motifs (C(OH)–C–C–N with tert-alkyl or cyclic N) is 1. The summed E-state index contributed by atoms with van der Waals surface area (Å²) in [5.41, 5.74) is 1.74. The zero-order chi connectivity index (χ0) is 16.4. The number of hydrogen-bond acceptors (Lipinski definition) is 4. The molecule has 0 aromatic carbocycles. The molecule has 3 heterocycles. The maximum Gasteiger partial charge on any atom is 0.0711 e. The lowest BCUT2D eigenvalue weighted by atomic mass is 9.67. The largest absolute Gasteiger partial charge is 0.391 e. The fourth-order valence-electron chi connectivity index (χ4n) is 5.21. The molecule has 1 spiro atoms. The van der Waals surface area contributed by atoms with E-state index in [0.717, 1.165) is 25.2 Å². The quantitative estimate of drug-likeness (QED) is 0.816. The minimum Gasteiger partial charge on any atom is -0.391 e. The first-order valence-electron chi connectivity index (χ1n) is 9.77. The third-order valence-electron chi connectivity index (χ3n) is 6.83. The smallest absolute Gasteiger partial charge is 0.0711 e. The van der Waals surface area contributed by atoms with Crippen LogP contribution in [0.2, 0.25) is 0 Å². The third kappa shape index (κ3) is 4.90. The van der Waals surface area contributed by atoms with E-state index < -0.39 is 0 Å². The predicted molar refractivity (Wildman–Crippen MR) is 110 cm³/mol. The van der Waals surface area contributed by atoms with E-state index >= 15 is 0 Å². The fraction of sp³-hybridized carbons (Fsp3) is 0.750. The van der Waals surface area contributed by atoms with Gasteiger partial charge in [-0.25, -0.2) is 0 Å². The summed E-state index contributed by atoms with van der Waals surface area (Å²) in [6.45, 7) is 4.31. The molecule has 6 heteroatoms. The summed E-state index contributed by atoms with van der Waals surface area (Å²) in [5, 5.41) is 14.0. The Morgan fingerprint density at radius 3 is 2.46 bits per heavy atom. The first kappa shape index (κ1) is 21.9. The van der Waals surface area contributed by atoms with Gasteiger partial charge in [0.25, 0.3) is 0 Å². The second kappa shape index (κ2) is 9.70. The Morgan fingerprint density at radius 1 is 1.08 bits per heavy atom. The van der Waals surface area contributed by atoms with Crippen LogP contribution in [0.1, 0.15) is 44.2 Å². The molecule has 1 saturated carbocycles. The highest BCUT2D eigenvalue weighted by molar-refractivity contribution is 5.85. The summed E-state index contributed by atoms with van der Waals surface area (Å²) in [5.74, 6) is 0.342. The van der Waals surface area contributed by atoms with Gasteiger partial charge >= 0.3 is 0 Å². The predicted octanol–water partition coefficient (Wildman–Crippen LogP) is 3.07. The molecule has 1 aromatic heterocycles. The normalized spacial score (nSPS) is 29.1. The van der Waals surface area contributed by atoms with Crippen molar-refractivity contribution in [3.63, 3.8) is 0 Å². The lowest BCUT2D eigenvalue weighted by Gasteiger charge is -2.45. The molecular formula is C20H33Cl2N3O. The molecule has 4 rings (SSSR count). The zero-order valence-corrected chi connectivity index (χ0v) is 17.1. The number of piperidine rings is 1. The van der Waals surface area contributed by atoms with E-state index in [0.29, 0.717) is 17.4 Å². The number of nitrogens with zero attached hydrogens (tertiary/aromatic N) is 2. The monoisotopic (exact) mass is 401 g/mol. The molecule has 3 aliphatic rings. The summed E-state index contributed by atoms with van der Waals surface area (Å²) >= 11 is 0. The van der Waals surface area contributed by atoms with Crippen LogP contribution in [0.15, 0.2) is 24.4 Å². The van der Waals surface area contributed by atoms with Gasteiger partial charge in [-0.15, -0.1) is 24.8 Å². The highest BCUT2D eigenvalue weighted by Gasteiger charge is 2.41. The number of nitrogens with one attached hydrogen (secondary N) is 1. The highest BCUT2D eigenvalue weighted by Crippen LogP contribution is 2.44. The van der Waals surface area contributed by atoms with E-state index in [2.05, 4.69) is 21.3 Å². The number of aliphatic hydroxyl groups is 1. The van der Waals surface area contributed by atoms with Crippen molar-refractivity contribution in [1.82, 2.24) is 15.2 Å². The molecule has 0 radical (unpaired) electrons. The topological polar surface area (TPSA) is 48.4 Å². The van der Waals surface area contributed by atoms with Crippen molar-refractivity contribution in [3.8, 4) is 0 Å². The van der Waals surface area contributed by atoms with Crippen LogP contribution in [0.3, 0.4) is 0 Å². The SMILES string of the molecule is Cl.Cl.O[C@@H]1CN(C2CCC3(CCNCC3)CC2)C[C@H]1Cc1ccccn1. The number of likely N-dealkylation sites (tertiary alicyclic amines) is 1. The van der Waals surface area contributed by atoms with Gasteiger partial charge in [0.15, 0.2) is 0 Å². The molecule has 0 bridgehead atoms. The number of rotatable bonds is 3. The van der Waals surface area contributed by atoms with Crippen molar-refractivity contribution in [2.24, 2.45) is 11.3 Å². The van der Waals surface area contributed by atoms with Crippen molar-refractivity contribution in [1.29, 1.82) is 0 Å². The standard InChI is InChI=1S/C20H31N3O.2ClH/c24-19-15-23(14-16(19)13-17-3-1-2-10-22-17)18-4-6-20(7-5-18)8-11-21-12-9-20;;/h1-3,10,16,18-19,21,24H,4-9,11-15H2;2*1H/t16-,19-;;/m1../s1. The Morgan fingerprint density at radius 2 is 1.81 bits per heavy atom. The fourth-order valence-corrected chi connectivity index (χ4v) is 5.21. The molecule has 2 N–H and O–H groups in total. The zero-order valence-electron chi connectivity index (χ0n) is 15.5. The maximum absolute atomic E-state index is 10.5. The van der Waals surface area contributed by atoms with E-state index in [1.165, 1.54) is 51.6 Å². The van der Waals surface area contributed by atoms with Gasteiger partial charge in [0.2, 0.25) is 0 Å². The maximum atomic E-state index is 10.5. The Bertz CT molecular complexity index is 529. The molecule has 148 valence electrons. The molecule has 1 aliphatic carbocycles. The van der Waals surface area contributed by atoms with E-state index in [1.54, 1.807) is 0 Å². The summed E-state index contributed by atoms with van der Waals surface area (Å²) in [6.07, 6.45) is 10.7. The number of pyridine rings is 1. The van der Waals surface area contributed by atoms with E-state index in [4.69, 9.17) is 0 Å². The van der Waals surface area contributed by atoms with E-state index in [-0.39, 0.29) is 30.9 Å². The summed E-state index contributed by atoms with van der Waals surface area (Å²) in [6, 6.07) is 6.77. The van der Waals surface area contributed by atoms with Crippen LogP contribution in [0.5, 0.6) is 0 Å². The molecule has 0 unspecified atom stereocenters. The number of halogens is 2. The minimum atomic E-state index is -0.193. The van der Waals surface area contributed by atoms with Crippen molar-refractivity contribution >= 4 is 24.8 Å². The summed E-state index contributed by atoms with van der Waals surface area (Å²) in [7, 11) is 0. The van der Waals surface area contributed by atoms with Crippen LogP contribution in [-0.4, -0.2) is 53.3 Å². The molecule has 4 nitrogen and oxygen atoms in total. The van der Waals surface area contributed by atoms with Crippen LogP contribution in [0.4, 0.5) is 0 Å². The summed E-state index contributed by atoms with van der Waals surface area (Å²) < 4.78 is 0. The third-order valence-corrected chi connectivity index (χ3v) is 6.83. The molecule has 26 heavy (non-hydrogen) atoms. The number of aromatic nitrogens is 1. The second-order valence-corrected chi connectivity index (χ2v) is 8.29. The van der Waals surface area contributed by atoms with Crippen molar-refractivity contribution < 1.29 is 5.11 Å².